The summed E-state index contributed by atoms with van der Waals surface area (Å²) in [6, 6.07) is 0.269. The SMILES string of the molecule is CC(C)(Cc1cn[nH]n1)C(=O)Nc1ncc(C2CC2)o1. The van der Waals surface area contributed by atoms with Gasteiger partial charge in [-0.15, -0.1) is 0 Å². The zero-order valence-corrected chi connectivity index (χ0v) is 11.5. The molecular weight excluding hydrogens is 258 g/mol. The van der Waals surface area contributed by atoms with E-state index >= 15 is 0 Å². The molecule has 1 saturated carbocycles. The van der Waals surface area contributed by atoms with E-state index in [0.717, 1.165) is 24.3 Å². The van der Waals surface area contributed by atoms with Crippen LogP contribution in [-0.2, 0) is 11.2 Å². The number of oxazole rings is 1. The fraction of sp³-hybridized carbons (Fsp3) is 0.538. The molecule has 2 heterocycles. The van der Waals surface area contributed by atoms with Gasteiger partial charge in [-0.1, -0.05) is 13.8 Å². The molecule has 0 radical (unpaired) electrons. The maximum Gasteiger partial charge on any atom is 0.301 e. The van der Waals surface area contributed by atoms with Crippen molar-refractivity contribution in [1.82, 2.24) is 20.4 Å². The van der Waals surface area contributed by atoms with E-state index < -0.39 is 5.41 Å². The van der Waals surface area contributed by atoms with Crippen molar-refractivity contribution >= 4 is 11.9 Å². The standard InChI is InChI=1S/C13H17N5O2/c1-13(2,5-9-6-15-18-17-9)11(19)16-12-14-7-10(20-12)8-3-4-8/h6-8H,3-5H2,1-2H3,(H,14,16,19)(H,15,17,18). The van der Waals surface area contributed by atoms with Gasteiger partial charge in [-0.2, -0.15) is 15.4 Å². The molecule has 3 rings (SSSR count). The van der Waals surface area contributed by atoms with E-state index in [-0.39, 0.29) is 11.9 Å². The summed E-state index contributed by atoms with van der Waals surface area (Å²) in [5.41, 5.74) is 0.127. The van der Waals surface area contributed by atoms with Crippen LogP contribution in [0, 0.1) is 5.41 Å². The average Bonchev–Trinajstić information content (AvgIpc) is 2.93. The van der Waals surface area contributed by atoms with Crippen LogP contribution in [0.1, 0.15) is 44.1 Å². The lowest BCUT2D eigenvalue weighted by Gasteiger charge is -2.21. The molecule has 20 heavy (non-hydrogen) atoms. The van der Waals surface area contributed by atoms with E-state index in [9.17, 15) is 4.79 Å². The lowest BCUT2D eigenvalue weighted by atomic mass is 9.87. The molecule has 2 aromatic heterocycles. The van der Waals surface area contributed by atoms with E-state index in [1.807, 2.05) is 13.8 Å². The number of H-pyrrole nitrogens is 1. The molecule has 2 N–H and O–H groups in total. The van der Waals surface area contributed by atoms with E-state index in [2.05, 4.69) is 25.7 Å². The van der Waals surface area contributed by atoms with Gasteiger partial charge in [0.05, 0.1) is 18.1 Å². The van der Waals surface area contributed by atoms with Crippen molar-refractivity contribution in [3.63, 3.8) is 0 Å². The minimum absolute atomic E-state index is 0.148. The third-order valence-electron chi connectivity index (χ3n) is 3.43. The minimum atomic E-state index is -0.620. The van der Waals surface area contributed by atoms with Crippen molar-refractivity contribution in [2.75, 3.05) is 5.32 Å². The van der Waals surface area contributed by atoms with E-state index in [1.54, 1.807) is 12.4 Å². The fourth-order valence-corrected chi connectivity index (χ4v) is 2.01. The molecule has 7 heteroatoms. The van der Waals surface area contributed by atoms with Crippen molar-refractivity contribution in [1.29, 1.82) is 0 Å². The third-order valence-corrected chi connectivity index (χ3v) is 3.43. The smallest absolute Gasteiger partial charge is 0.301 e. The van der Waals surface area contributed by atoms with Crippen LogP contribution in [0.3, 0.4) is 0 Å². The van der Waals surface area contributed by atoms with Crippen LogP contribution in [0.15, 0.2) is 16.8 Å². The summed E-state index contributed by atoms with van der Waals surface area (Å²) in [6.07, 6.45) is 6.08. The first-order valence-corrected chi connectivity index (χ1v) is 6.66. The van der Waals surface area contributed by atoms with Crippen LogP contribution in [0.25, 0.3) is 0 Å². The summed E-state index contributed by atoms with van der Waals surface area (Å²) in [5.74, 6) is 1.19. The number of hydrogen-bond acceptors (Lipinski definition) is 5. The van der Waals surface area contributed by atoms with Crippen LogP contribution in [0.5, 0.6) is 0 Å². The number of anilines is 1. The zero-order chi connectivity index (χ0) is 14.2. The Labute approximate surface area is 116 Å². The summed E-state index contributed by atoms with van der Waals surface area (Å²) in [4.78, 5) is 16.4. The molecule has 0 atom stereocenters. The highest BCUT2D eigenvalue weighted by Gasteiger charge is 2.31. The van der Waals surface area contributed by atoms with Crippen LogP contribution < -0.4 is 5.32 Å². The summed E-state index contributed by atoms with van der Waals surface area (Å²) in [6.45, 7) is 3.70. The van der Waals surface area contributed by atoms with Gasteiger partial charge in [0.2, 0.25) is 5.91 Å². The quantitative estimate of drug-likeness (QED) is 0.868. The summed E-state index contributed by atoms with van der Waals surface area (Å²) >= 11 is 0. The Bertz CT molecular complexity index is 598. The molecule has 7 nitrogen and oxygen atoms in total. The second-order valence-corrected chi connectivity index (χ2v) is 5.82. The first-order chi connectivity index (χ1) is 9.54. The number of nitrogens with zero attached hydrogens (tertiary/aromatic N) is 3. The molecule has 0 unspecified atom stereocenters. The minimum Gasteiger partial charge on any atom is -0.428 e. The van der Waals surface area contributed by atoms with Crippen LogP contribution in [0.4, 0.5) is 6.01 Å². The number of rotatable bonds is 5. The van der Waals surface area contributed by atoms with Gasteiger partial charge in [0, 0.05) is 17.8 Å². The molecule has 1 amide bonds. The van der Waals surface area contributed by atoms with Gasteiger partial charge in [-0.05, 0) is 12.8 Å². The molecule has 0 saturated heterocycles. The van der Waals surface area contributed by atoms with Crippen LogP contribution in [-0.4, -0.2) is 26.3 Å². The Kier molecular flexibility index (Phi) is 3.04. The van der Waals surface area contributed by atoms with E-state index in [4.69, 9.17) is 4.42 Å². The summed E-state index contributed by atoms with van der Waals surface area (Å²) < 4.78 is 5.53. The van der Waals surface area contributed by atoms with Gasteiger partial charge in [0.25, 0.3) is 0 Å². The number of aromatic nitrogens is 4. The van der Waals surface area contributed by atoms with Crippen molar-refractivity contribution in [3.05, 3.63) is 23.8 Å². The van der Waals surface area contributed by atoms with Gasteiger partial charge in [-0.25, -0.2) is 4.98 Å². The van der Waals surface area contributed by atoms with Crippen LogP contribution in [0.2, 0.25) is 0 Å². The molecule has 1 fully saturated rings. The molecule has 0 aromatic carbocycles. The summed E-state index contributed by atoms with van der Waals surface area (Å²) in [7, 11) is 0. The van der Waals surface area contributed by atoms with E-state index in [1.165, 1.54) is 0 Å². The molecule has 106 valence electrons. The van der Waals surface area contributed by atoms with Crippen molar-refractivity contribution < 1.29 is 9.21 Å². The van der Waals surface area contributed by atoms with Gasteiger partial charge in [0.15, 0.2) is 0 Å². The van der Waals surface area contributed by atoms with Crippen molar-refractivity contribution in [2.45, 2.75) is 39.0 Å². The second-order valence-electron chi connectivity index (χ2n) is 5.82. The fourth-order valence-electron chi connectivity index (χ4n) is 2.01. The highest BCUT2D eigenvalue weighted by atomic mass is 16.4. The van der Waals surface area contributed by atoms with Gasteiger partial charge < -0.3 is 4.42 Å². The largest absolute Gasteiger partial charge is 0.428 e. The number of hydrogen-bond donors (Lipinski definition) is 2. The topological polar surface area (TPSA) is 96.7 Å². The Hall–Kier alpha value is -2.18. The Balaban J connectivity index is 1.64. The second kappa shape index (κ2) is 4.73. The van der Waals surface area contributed by atoms with Crippen LogP contribution >= 0.6 is 0 Å². The van der Waals surface area contributed by atoms with E-state index in [0.29, 0.717) is 12.3 Å². The first-order valence-electron chi connectivity index (χ1n) is 6.66. The highest BCUT2D eigenvalue weighted by Crippen LogP contribution is 2.40. The van der Waals surface area contributed by atoms with Gasteiger partial charge >= 0.3 is 6.01 Å². The third kappa shape index (κ3) is 2.71. The highest BCUT2D eigenvalue weighted by molar-refractivity contribution is 5.93. The average molecular weight is 275 g/mol. The number of aromatic amines is 1. The lowest BCUT2D eigenvalue weighted by molar-refractivity contribution is -0.124. The Morgan fingerprint density at radius 2 is 2.30 bits per heavy atom. The first kappa shape index (κ1) is 12.8. The molecule has 0 bridgehead atoms. The van der Waals surface area contributed by atoms with Crippen molar-refractivity contribution in [2.24, 2.45) is 5.41 Å². The molecule has 1 aliphatic carbocycles. The van der Waals surface area contributed by atoms with Crippen molar-refractivity contribution in [3.8, 4) is 0 Å². The predicted octanol–water partition coefficient (Wildman–Crippen LogP) is 1.88. The molecule has 0 spiro atoms. The maximum atomic E-state index is 12.3. The van der Waals surface area contributed by atoms with Gasteiger partial charge in [0.1, 0.15) is 5.76 Å². The number of nitrogens with one attached hydrogen (secondary N) is 2. The molecule has 2 aromatic rings. The maximum absolute atomic E-state index is 12.3. The Morgan fingerprint density at radius 3 is 2.95 bits per heavy atom. The number of carbonyl (C=O) groups is 1. The predicted molar refractivity (Wildman–Crippen MR) is 71.0 cm³/mol. The zero-order valence-electron chi connectivity index (χ0n) is 11.5. The normalized spacial score (nSPS) is 15.3. The monoisotopic (exact) mass is 275 g/mol. The molecular formula is C13H17N5O2. The Morgan fingerprint density at radius 1 is 1.50 bits per heavy atom. The number of carbonyl (C=O) groups excluding carboxylic acids is 1. The summed E-state index contributed by atoms with van der Waals surface area (Å²) in [5, 5.41) is 13.0. The van der Waals surface area contributed by atoms with Gasteiger partial charge in [-0.3, -0.25) is 10.1 Å². The molecule has 1 aliphatic rings. The lowest BCUT2D eigenvalue weighted by Crippen LogP contribution is -2.33. The molecule has 0 aliphatic heterocycles. The number of amides is 1.